The van der Waals surface area contributed by atoms with Crippen LogP contribution in [0, 0.1) is 11.8 Å². The molecule has 1 aliphatic rings. The molecule has 1 heterocycles. The van der Waals surface area contributed by atoms with Crippen LogP contribution in [0.4, 0.5) is 0 Å². The fraction of sp³-hybridized carbons (Fsp3) is 1.00. The largest absolute Gasteiger partial charge is 0.378 e. The molecule has 0 radical (unpaired) electrons. The summed E-state index contributed by atoms with van der Waals surface area (Å²) in [5.74, 6) is 1.08. The average Bonchev–Trinajstić information content (AvgIpc) is 2.13. The van der Waals surface area contributed by atoms with E-state index in [-0.39, 0.29) is 6.23 Å². The summed E-state index contributed by atoms with van der Waals surface area (Å²) >= 11 is 0. The molecule has 54 valence electrons. The van der Waals surface area contributed by atoms with Crippen molar-refractivity contribution in [1.29, 1.82) is 0 Å². The van der Waals surface area contributed by atoms with Crippen LogP contribution in [0.5, 0.6) is 0 Å². The third kappa shape index (κ3) is 1.43. The van der Waals surface area contributed by atoms with Gasteiger partial charge in [0.15, 0.2) is 0 Å². The first-order valence-corrected chi connectivity index (χ1v) is 3.63. The Balaban J connectivity index is 2.40. The molecule has 0 amide bonds. The molecule has 2 N–H and O–H groups in total. The molecule has 1 unspecified atom stereocenters. The van der Waals surface area contributed by atoms with Gasteiger partial charge in [0.25, 0.3) is 0 Å². The van der Waals surface area contributed by atoms with Crippen molar-refractivity contribution >= 4 is 0 Å². The van der Waals surface area contributed by atoms with Crippen LogP contribution in [0.2, 0.25) is 0 Å². The molecule has 1 saturated heterocycles. The molecule has 0 aromatic carbocycles. The van der Waals surface area contributed by atoms with E-state index in [1.165, 1.54) is 0 Å². The molecule has 0 aromatic heterocycles. The number of aliphatic hydroxyl groups is 1. The van der Waals surface area contributed by atoms with Gasteiger partial charge in [-0.25, -0.2) is 0 Å². The van der Waals surface area contributed by atoms with E-state index >= 15 is 0 Å². The second-order valence-corrected chi connectivity index (χ2v) is 3.10. The lowest BCUT2D eigenvalue weighted by atomic mass is 9.94. The number of nitrogens with one attached hydrogen (secondary N) is 1. The molecular formula is C7H15NO. The number of hydrogen-bond acceptors (Lipinski definition) is 2. The van der Waals surface area contributed by atoms with Crippen LogP contribution in [-0.4, -0.2) is 17.9 Å². The molecule has 2 atom stereocenters. The van der Waals surface area contributed by atoms with Gasteiger partial charge in [-0.2, -0.15) is 0 Å². The molecule has 2 nitrogen and oxygen atoms in total. The van der Waals surface area contributed by atoms with Gasteiger partial charge in [-0.3, -0.25) is 5.32 Å². The van der Waals surface area contributed by atoms with Gasteiger partial charge >= 0.3 is 0 Å². The van der Waals surface area contributed by atoms with Crippen molar-refractivity contribution in [2.45, 2.75) is 26.5 Å². The zero-order valence-electron chi connectivity index (χ0n) is 6.09. The number of hydrogen-bond donors (Lipinski definition) is 2. The lowest BCUT2D eigenvalue weighted by Crippen LogP contribution is -2.28. The van der Waals surface area contributed by atoms with Crippen molar-refractivity contribution in [3.05, 3.63) is 0 Å². The fourth-order valence-corrected chi connectivity index (χ4v) is 1.41. The highest BCUT2D eigenvalue weighted by atomic mass is 16.3. The summed E-state index contributed by atoms with van der Waals surface area (Å²) in [6.45, 7) is 5.28. The van der Waals surface area contributed by atoms with Gasteiger partial charge in [0.1, 0.15) is 6.23 Å². The lowest BCUT2D eigenvalue weighted by Gasteiger charge is -2.16. The van der Waals surface area contributed by atoms with Gasteiger partial charge in [0.05, 0.1) is 0 Å². The van der Waals surface area contributed by atoms with E-state index in [1.54, 1.807) is 0 Å². The Morgan fingerprint density at radius 3 is 2.44 bits per heavy atom. The fourth-order valence-electron chi connectivity index (χ4n) is 1.41. The Bertz CT molecular complexity index is 92.9. The molecular weight excluding hydrogens is 114 g/mol. The van der Waals surface area contributed by atoms with E-state index in [0.29, 0.717) is 11.8 Å². The number of rotatable bonds is 1. The molecule has 0 bridgehead atoms. The van der Waals surface area contributed by atoms with E-state index in [9.17, 15) is 5.11 Å². The van der Waals surface area contributed by atoms with Gasteiger partial charge in [-0.1, -0.05) is 13.8 Å². The zero-order valence-corrected chi connectivity index (χ0v) is 6.09. The van der Waals surface area contributed by atoms with Crippen LogP contribution in [0.25, 0.3) is 0 Å². The maximum Gasteiger partial charge on any atom is 0.108 e. The van der Waals surface area contributed by atoms with Gasteiger partial charge in [-0.05, 0) is 18.9 Å². The van der Waals surface area contributed by atoms with Gasteiger partial charge in [0.2, 0.25) is 0 Å². The lowest BCUT2D eigenvalue weighted by molar-refractivity contribution is 0.0899. The summed E-state index contributed by atoms with van der Waals surface area (Å²) in [5, 5.41) is 12.3. The van der Waals surface area contributed by atoms with Crippen LogP contribution in [0.15, 0.2) is 0 Å². The van der Waals surface area contributed by atoms with Crippen molar-refractivity contribution < 1.29 is 5.11 Å². The molecule has 1 aliphatic heterocycles. The minimum Gasteiger partial charge on any atom is -0.378 e. The molecule has 0 saturated carbocycles. The summed E-state index contributed by atoms with van der Waals surface area (Å²) in [5.41, 5.74) is 0. The van der Waals surface area contributed by atoms with Crippen LogP contribution in [0.3, 0.4) is 0 Å². The van der Waals surface area contributed by atoms with E-state index in [1.807, 2.05) is 0 Å². The first kappa shape index (κ1) is 7.03. The van der Waals surface area contributed by atoms with Crippen molar-refractivity contribution in [2.75, 3.05) is 6.54 Å². The van der Waals surface area contributed by atoms with Gasteiger partial charge in [-0.15, -0.1) is 0 Å². The number of aliphatic hydroxyl groups excluding tert-OH is 1. The van der Waals surface area contributed by atoms with Crippen molar-refractivity contribution in [2.24, 2.45) is 11.8 Å². The van der Waals surface area contributed by atoms with Gasteiger partial charge in [0, 0.05) is 5.92 Å². The molecule has 0 aromatic rings. The summed E-state index contributed by atoms with van der Waals surface area (Å²) < 4.78 is 0. The van der Waals surface area contributed by atoms with Gasteiger partial charge < -0.3 is 5.11 Å². The van der Waals surface area contributed by atoms with E-state index in [4.69, 9.17) is 0 Å². The maximum atomic E-state index is 9.25. The second kappa shape index (κ2) is 2.67. The second-order valence-electron chi connectivity index (χ2n) is 3.10. The van der Waals surface area contributed by atoms with Crippen molar-refractivity contribution in [3.8, 4) is 0 Å². The minimum absolute atomic E-state index is 0.245. The zero-order chi connectivity index (χ0) is 6.85. The first-order valence-electron chi connectivity index (χ1n) is 3.63. The Morgan fingerprint density at radius 1 is 1.56 bits per heavy atom. The standard InChI is InChI=1S/C7H15NO/c1-5(2)6-3-4-8-7(6)9/h5-9H,3-4H2,1-2H3/t6-,7?/m1/s1. The minimum atomic E-state index is -0.245. The predicted octanol–water partition coefficient (Wildman–Crippen LogP) is 0.570. The third-order valence-corrected chi connectivity index (χ3v) is 2.09. The Morgan fingerprint density at radius 2 is 2.22 bits per heavy atom. The summed E-state index contributed by atoms with van der Waals surface area (Å²) in [6.07, 6.45) is 0.878. The maximum absolute atomic E-state index is 9.25. The monoisotopic (exact) mass is 129 g/mol. The summed E-state index contributed by atoms with van der Waals surface area (Å²) in [6, 6.07) is 0. The highest BCUT2D eigenvalue weighted by Gasteiger charge is 2.26. The van der Waals surface area contributed by atoms with Crippen LogP contribution < -0.4 is 5.32 Å². The van der Waals surface area contributed by atoms with Crippen LogP contribution in [0.1, 0.15) is 20.3 Å². The highest BCUT2D eigenvalue weighted by Crippen LogP contribution is 2.21. The molecule has 0 aliphatic carbocycles. The van der Waals surface area contributed by atoms with Crippen molar-refractivity contribution in [1.82, 2.24) is 5.32 Å². The van der Waals surface area contributed by atoms with E-state index in [0.717, 1.165) is 13.0 Å². The molecule has 9 heavy (non-hydrogen) atoms. The molecule has 1 fully saturated rings. The van der Waals surface area contributed by atoms with Crippen LogP contribution in [-0.2, 0) is 0 Å². The summed E-state index contributed by atoms with van der Waals surface area (Å²) in [7, 11) is 0. The van der Waals surface area contributed by atoms with E-state index in [2.05, 4.69) is 19.2 Å². The summed E-state index contributed by atoms with van der Waals surface area (Å²) in [4.78, 5) is 0. The Labute approximate surface area is 56.3 Å². The molecule has 2 heteroatoms. The normalized spacial score (nSPS) is 36.0. The predicted molar refractivity (Wildman–Crippen MR) is 37.0 cm³/mol. The average molecular weight is 129 g/mol. The molecule has 1 rings (SSSR count). The third-order valence-electron chi connectivity index (χ3n) is 2.09. The Hall–Kier alpha value is -0.0800. The molecule has 0 spiro atoms. The highest BCUT2D eigenvalue weighted by molar-refractivity contribution is 4.77. The smallest absolute Gasteiger partial charge is 0.108 e. The van der Waals surface area contributed by atoms with E-state index < -0.39 is 0 Å². The first-order chi connectivity index (χ1) is 4.22. The van der Waals surface area contributed by atoms with Crippen molar-refractivity contribution in [3.63, 3.8) is 0 Å². The topological polar surface area (TPSA) is 32.3 Å². The SMILES string of the molecule is CC(C)[C@H]1CCNC1O. The van der Waals surface area contributed by atoms with Crippen LogP contribution >= 0.6 is 0 Å². The Kier molecular flexibility index (Phi) is 2.09. The quantitative estimate of drug-likeness (QED) is 0.542.